The van der Waals surface area contributed by atoms with Gasteiger partial charge in [-0.2, -0.15) is 0 Å². The molecule has 0 unspecified atom stereocenters. The molecule has 0 radical (unpaired) electrons. The summed E-state index contributed by atoms with van der Waals surface area (Å²) in [5.74, 6) is 1.51. The number of hydrogen-bond acceptors (Lipinski definition) is 0. The van der Waals surface area contributed by atoms with E-state index in [0.717, 1.165) is 11.8 Å². The lowest BCUT2D eigenvalue weighted by molar-refractivity contribution is 0.636. The lowest BCUT2D eigenvalue weighted by atomic mass is 9.97. The van der Waals surface area contributed by atoms with E-state index >= 15 is 0 Å². The molecule has 78 valence electrons. The van der Waals surface area contributed by atoms with Crippen molar-refractivity contribution in [1.29, 1.82) is 0 Å². The van der Waals surface area contributed by atoms with Crippen LogP contribution in [0.3, 0.4) is 0 Å². The first-order chi connectivity index (χ1) is 6.58. The Kier molecular flexibility index (Phi) is 4.19. The Hall–Kier alpha value is -0.780. The van der Waals surface area contributed by atoms with E-state index in [1.165, 1.54) is 24.0 Å². The van der Waals surface area contributed by atoms with Crippen LogP contribution in [0.15, 0.2) is 24.3 Å². The molecule has 0 bridgehead atoms. The van der Waals surface area contributed by atoms with Crippen molar-refractivity contribution in [2.24, 2.45) is 11.8 Å². The standard InChI is InChI=1S/C14H22/c1-11(2)8-13-6-5-7-14(10-13)9-12(3)4/h5-7,10-12H,8-9H2,1-4H3. The van der Waals surface area contributed by atoms with E-state index in [4.69, 9.17) is 0 Å². The molecule has 1 aromatic rings. The Balaban J connectivity index is 2.68. The molecule has 1 aromatic carbocycles. The first-order valence-electron chi connectivity index (χ1n) is 5.65. The van der Waals surface area contributed by atoms with Crippen LogP contribution in [0, 0.1) is 11.8 Å². The summed E-state index contributed by atoms with van der Waals surface area (Å²) in [6.07, 6.45) is 2.40. The van der Waals surface area contributed by atoms with Gasteiger partial charge < -0.3 is 0 Å². The van der Waals surface area contributed by atoms with Crippen LogP contribution in [0.1, 0.15) is 38.8 Å². The topological polar surface area (TPSA) is 0 Å². The second kappa shape index (κ2) is 5.19. The van der Waals surface area contributed by atoms with E-state index in [9.17, 15) is 0 Å². The smallest absolute Gasteiger partial charge is 0.0256 e. The van der Waals surface area contributed by atoms with Crippen LogP contribution in [0.25, 0.3) is 0 Å². The highest BCUT2D eigenvalue weighted by atomic mass is 14.1. The zero-order valence-corrected chi connectivity index (χ0v) is 9.88. The summed E-state index contributed by atoms with van der Waals surface area (Å²) in [6.45, 7) is 9.09. The third-order valence-electron chi connectivity index (χ3n) is 2.28. The van der Waals surface area contributed by atoms with Crippen LogP contribution in [0.2, 0.25) is 0 Å². The minimum absolute atomic E-state index is 0.754. The molecule has 0 aliphatic carbocycles. The molecule has 0 aliphatic rings. The van der Waals surface area contributed by atoms with Gasteiger partial charge in [-0.3, -0.25) is 0 Å². The Morgan fingerprint density at radius 3 is 1.64 bits per heavy atom. The Labute approximate surface area is 88.4 Å². The highest BCUT2D eigenvalue weighted by molar-refractivity contribution is 5.24. The average Bonchev–Trinajstić information content (AvgIpc) is 2.01. The molecular formula is C14H22. The van der Waals surface area contributed by atoms with Crippen LogP contribution in [-0.4, -0.2) is 0 Å². The van der Waals surface area contributed by atoms with Crippen LogP contribution in [0.4, 0.5) is 0 Å². The molecule has 0 saturated carbocycles. The normalized spacial score (nSPS) is 11.3. The largest absolute Gasteiger partial charge is 0.0625 e. The lowest BCUT2D eigenvalue weighted by Crippen LogP contribution is -1.97. The molecule has 0 amide bonds. The molecule has 0 heteroatoms. The summed E-state index contributed by atoms with van der Waals surface area (Å²) in [6, 6.07) is 9.03. The SMILES string of the molecule is CC(C)Cc1cccc(CC(C)C)c1. The van der Waals surface area contributed by atoms with Crippen molar-refractivity contribution in [3.63, 3.8) is 0 Å². The fourth-order valence-corrected chi connectivity index (χ4v) is 1.83. The summed E-state index contributed by atoms with van der Waals surface area (Å²) >= 11 is 0. The van der Waals surface area contributed by atoms with Crippen molar-refractivity contribution in [2.45, 2.75) is 40.5 Å². The first kappa shape index (κ1) is 11.3. The summed E-state index contributed by atoms with van der Waals surface area (Å²) in [5.41, 5.74) is 2.97. The number of hydrogen-bond donors (Lipinski definition) is 0. The third kappa shape index (κ3) is 3.95. The second-order valence-corrected chi connectivity index (χ2v) is 5.02. The molecule has 0 aliphatic heterocycles. The van der Waals surface area contributed by atoms with Gasteiger partial charge in [-0.1, -0.05) is 52.0 Å². The molecule has 0 aromatic heterocycles. The van der Waals surface area contributed by atoms with Crippen LogP contribution >= 0.6 is 0 Å². The fourth-order valence-electron chi connectivity index (χ4n) is 1.83. The lowest BCUT2D eigenvalue weighted by Gasteiger charge is -2.09. The zero-order valence-electron chi connectivity index (χ0n) is 9.88. The first-order valence-corrected chi connectivity index (χ1v) is 5.65. The van der Waals surface area contributed by atoms with E-state index in [0.29, 0.717) is 0 Å². The van der Waals surface area contributed by atoms with Gasteiger partial charge in [0.1, 0.15) is 0 Å². The summed E-state index contributed by atoms with van der Waals surface area (Å²) in [7, 11) is 0. The second-order valence-electron chi connectivity index (χ2n) is 5.02. The highest BCUT2D eigenvalue weighted by Gasteiger charge is 2.01. The predicted molar refractivity (Wildman–Crippen MR) is 63.5 cm³/mol. The molecule has 0 fully saturated rings. The van der Waals surface area contributed by atoms with E-state index in [1.54, 1.807) is 0 Å². The quantitative estimate of drug-likeness (QED) is 0.671. The van der Waals surface area contributed by atoms with E-state index in [2.05, 4.69) is 52.0 Å². The summed E-state index contributed by atoms with van der Waals surface area (Å²) < 4.78 is 0. The Morgan fingerprint density at radius 1 is 0.857 bits per heavy atom. The van der Waals surface area contributed by atoms with Crippen molar-refractivity contribution >= 4 is 0 Å². The minimum Gasteiger partial charge on any atom is -0.0625 e. The maximum atomic E-state index is 2.36. The highest BCUT2D eigenvalue weighted by Crippen LogP contribution is 2.13. The summed E-state index contributed by atoms with van der Waals surface area (Å²) in [5, 5.41) is 0. The fraction of sp³-hybridized carbons (Fsp3) is 0.571. The van der Waals surface area contributed by atoms with Crippen LogP contribution < -0.4 is 0 Å². The van der Waals surface area contributed by atoms with Gasteiger partial charge >= 0.3 is 0 Å². The molecule has 1 rings (SSSR count). The Bertz CT molecular complexity index is 246. The van der Waals surface area contributed by atoms with Crippen molar-refractivity contribution in [3.8, 4) is 0 Å². The molecule has 0 heterocycles. The summed E-state index contributed by atoms with van der Waals surface area (Å²) in [4.78, 5) is 0. The number of benzene rings is 1. The number of rotatable bonds is 4. The average molecular weight is 190 g/mol. The zero-order chi connectivity index (χ0) is 10.6. The van der Waals surface area contributed by atoms with Crippen molar-refractivity contribution in [1.82, 2.24) is 0 Å². The maximum absolute atomic E-state index is 2.36. The van der Waals surface area contributed by atoms with Crippen molar-refractivity contribution in [3.05, 3.63) is 35.4 Å². The van der Waals surface area contributed by atoms with Crippen LogP contribution in [-0.2, 0) is 12.8 Å². The van der Waals surface area contributed by atoms with E-state index < -0.39 is 0 Å². The molecule has 14 heavy (non-hydrogen) atoms. The molecule has 0 nitrogen and oxygen atoms in total. The van der Waals surface area contributed by atoms with Gasteiger partial charge in [-0.05, 0) is 35.8 Å². The van der Waals surface area contributed by atoms with Gasteiger partial charge in [-0.25, -0.2) is 0 Å². The monoisotopic (exact) mass is 190 g/mol. The van der Waals surface area contributed by atoms with Gasteiger partial charge in [0, 0.05) is 0 Å². The maximum Gasteiger partial charge on any atom is -0.0256 e. The van der Waals surface area contributed by atoms with Gasteiger partial charge in [0.15, 0.2) is 0 Å². The van der Waals surface area contributed by atoms with E-state index in [1.807, 2.05) is 0 Å². The van der Waals surface area contributed by atoms with Crippen molar-refractivity contribution < 1.29 is 0 Å². The molecule has 0 atom stereocenters. The molecule has 0 saturated heterocycles. The molecule has 0 N–H and O–H groups in total. The predicted octanol–water partition coefficient (Wildman–Crippen LogP) is 4.08. The van der Waals surface area contributed by atoms with Crippen LogP contribution in [0.5, 0.6) is 0 Å². The Morgan fingerprint density at radius 2 is 1.29 bits per heavy atom. The third-order valence-corrected chi connectivity index (χ3v) is 2.28. The van der Waals surface area contributed by atoms with E-state index in [-0.39, 0.29) is 0 Å². The van der Waals surface area contributed by atoms with Gasteiger partial charge in [0.05, 0.1) is 0 Å². The van der Waals surface area contributed by atoms with Crippen molar-refractivity contribution in [2.75, 3.05) is 0 Å². The van der Waals surface area contributed by atoms with Gasteiger partial charge in [-0.15, -0.1) is 0 Å². The van der Waals surface area contributed by atoms with Gasteiger partial charge in [0.2, 0.25) is 0 Å². The molecule has 0 spiro atoms. The minimum atomic E-state index is 0.754. The van der Waals surface area contributed by atoms with Gasteiger partial charge in [0.25, 0.3) is 0 Å². The molecular weight excluding hydrogens is 168 g/mol.